The van der Waals surface area contributed by atoms with Gasteiger partial charge in [-0.15, -0.1) is 5.10 Å². The predicted molar refractivity (Wildman–Crippen MR) is 187 cm³/mol. The molecule has 13 nitrogen and oxygen atoms in total. The van der Waals surface area contributed by atoms with Crippen LogP contribution in [0.5, 0.6) is 0 Å². The van der Waals surface area contributed by atoms with Crippen LogP contribution in [0.3, 0.4) is 0 Å². The molecule has 4 aromatic rings. The molecule has 1 saturated heterocycles. The molecular weight excluding hydrogens is 657 g/mol. The number of aliphatic hydroxyl groups excluding tert-OH is 1. The molecule has 1 aromatic heterocycles. The monoisotopic (exact) mass is 696 g/mol. The highest BCUT2D eigenvalue weighted by atomic mass is 28.4. The highest BCUT2D eigenvalue weighted by Crippen LogP contribution is 2.60. The summed E-state index contributed by atoms with van der Waals surface area (Å²) in [4.78, 5) is 54.6. The Morgan fingerprint density at radius 1 is 1.06 bits per heavy atom. The van der Waals surface area contributed by atoms with E-state index in [2.05, 4.69) is 10.3 Å². The Bertz CT molecular complexity index is 1980. The topological polar surface area (TPSA) is 164 Å². The number of amides is 2. The number of para-hydroxylation sites is 1. The van der Waals surface area contributed by atoms with E-state index in [1.54, 1.807) is 26.7 Å². The van der Waals surface area contributed by atoms with E-state index in [4.69, 9.17) is 4.74 Å². The third-order valence-corrected chi connectivity index (χ3v) is 12.9. The van der Waals surface area contributed by atoms with Crippen molar-refractivity contribution in [2.75, 3.05) is 16.4 Å². The van der Waals surface area contributed by atoms with Crippen molar-refractivity contribution in [1.29, 1.82) is 0 Å². The van der Waals surface area contributed by atoms with Gasteiger partial charge in [0.1, 0.15) is 0 Å². The van der Waals surface area contributed by atoms with Crippen LogP contribution >= 0.6 is 0 Å². The maximum atomic E-state index is 14.9. The first-order chi connectivity index (χ1) is 23.9. The van der Waals surface area contributed by atoms with Crippen molar-refractivity contribution in [2.45, 2.75) is 76.0 Å². The zero-order valence-corrected chi connectivity index (χ0v) is 29.2. The Morgan fingerprint density at radius 2 is 1.86 bits per heavy atom. The minimum Gasteiger partial charge on any atom is -0.432 e. The standard InChI is InChI=1S/C36H40N6O7Si/c1-23-34(50(2,3)48)32(15-17-39-22-26(16-18-43)37-38-39)49-36(23)29-20-28(42(46)47)12-13-31(29)40(35(36)45)21-24-7-6-9-27(19-24)41-30-10-5-4-8-25(30)11-14-33(41)44/h4-10,12-13,19-20,22-23,32,34,43,48H,11,14-18,21H2,1-3H3/t23-,32+,34-,36+/m0/s1. The molecule has 1 spiro atoms. The summed E-state index contributed by atoms with van der Waals surface area (Å²) in [6, 6.07) is 19.8. The van der Waals surface area contributed by atoms with E-state index in [9.17, 15) is 29.6 Å². The summed E-state index contributed by atoms with van der Waals surface area (Å²) in [6.07, 6.45) is 3.07. The minimum absolute atomic E-state index is 0.00808. The quantitative estimate of drug-likeness (QED) is 0.135. The first kappa shape index (κ1) is 33.7. The van der Waals surface area contributed by atoms with Crippen LogP contribution in [0.25, 0.3) is 0 Å². The summed E-state index contributed by atoms with van der Waals surface area (Å²) in [6.45, 7) is 6.05. The van der Waals surface area contributed by atoms with Crippen molar-refractivity contribution in [3.05, 3.63) is 105 Å². The number of fused-ring (bicyclic) bond motifs is 3. The lowest BCUT2D eigenvalue weighted by Gasteiger charge is -2.32. The molecule has 260 valence electrons. The number of rotatable bonds is 10. The Labute approximate surface area is 290 Å². The second kappa shape index (κ2) is 12.8. The first-order valence-electron chi connectivity index (χ1n) is 16.9. The number of anilines is 3. The van der Waals surface area contributed by atoms with Crippen molar-refractivity contribution in [3.8, 4) is 0 Å². The number of carbonyl (C=O) groups excluding carboxylic acids is 2. The van der Waals surface area contributed by atoms with Crippen LogP contribution in [0.1, 0.15) is 42.1 Å². The number of nitro groups is 1. The summed E-state index contributed by atoms with van der Waals surface area (Å²) in [5, 5.41) is 29.6. The molecule has 0 unspecified atom stereocenters. The molecule has 0 bridgehead atoms. The number of aryl methyl sites for hydroxylation is 2. The summed E-state index contributed by atoms with van der Waals surface area (Å²) in [7, 11) is -2.98. The van der Waals surface area contributed by atoms with Gasteiger partial charge in [-0.2, -0.15) is 0 Å². The number of benzene rings is 3. The molecule has 2 amide bonds. The fourth-order valence-corrected chi connectivity index (χ4v) is 10.8. The van der Waals surface area contributed by atoms with Crippen LogP contribution in [-0.4, -0.2) is 62.7 Å². The second-order valence-corrected chi connectivity index (χ2v) is 17.9. The molecule has 4 atom stereocenters. The zero-order valence-electron chi connectivity index (χ0n) is 28.2. The number of nitrogens with zero attached hydrogens (tertiary/aromatic N) is 6. The molecule has 1 fully saturated rings. The van der Waals surface area contributed by atoms with E-state index in [1.807, 2.05) is 68.5 Å². The van der Waals surface area contributed by atoms with E-state index >= 15 is 0 Å². The molecule has 50 heavy (non-hydrogen) atoms. The number of non-ortho nitro benzene ring substituents is 1. The Hall–Kier alpha value is -4.76. The molecule has 3 aliphatic rings. The molecule has 4 heterocycles. The molecular formula is C36H40N6O7Si. The number of ether oxygens (including phenoxy) is 1. The minimum atomic E-state index is -2.98. The molecule has 7 rings (SSSR count). The third kappa shape index (κ3) is 5.71. The van der Waals surface area contributed by atoms with E-state index in [0.717, 1.165) is 16.8 Å². The first-order valence-corrected chi connectivity index (χ1v) is 20.0. The van der Waals surface area contributed by atoms with Gasteiger partial charge in [0.05, 0.1) is 34.6 Å². The van der Waals surface area contributed by atoms with Crippen LogP contribution in [0.15, 0.2) is 72.9 Å². The molecule has 0 aliphatic carbocycles. The number of aromatic nitrogens is 3. The SMILES string of the molecule is C[C@H]1[C@H]([Si](C)(C)O)[C@@H](CCn2cc(CCO)nn2)O[C@]12C(=O)N(Cc1cccc(N3C(=O)CCc4ccccc43)c1)c1ccc([N+](=O)[O-])cc12. The van der Waals surface area contributed by atoms with Gasteiger partial charge in [0, 0.05) is 67.0 Å². The molecule has 2 N–H and O–H groups in total. The van der Waals surface area contributed by atoms with Crippen molar-refractivity contribution >= 4 is 42.9 Å². The van der Waals surface area contributed by atoms with Crippen LogP contribution in [0.4, 0.5) is 22.7 Å². The van der Waals surface area contributed by atoms with Gasteiger partial charge in [0.25, 0.3) is 11.6 Å². The van der Waals surface area contributed by atoms with E-state index in [0.29, 0.717) is 54.9 Å². The molecule has 0 radical (unpaired) electrons. The van der Waals surface area contributed by atoms with Gasteiger partial charge in [-0.05, 0) is 61.3 Å². The fourth-order valence-electron chi connectivity index (χ4n) is 8.23. The van der Waals surface area contributed by atoms with Crippen molar-refractivity contribution in [1.82, 2.24) is 15.0 Å². The second-order valence-electron chi connectivity index (χ2n) is 14.0. The van der Waals surface area contributed by atoms with Crippen LogP contribution < -0.4 is 9.80 Å². The van der Waals surface area contributed by atoms with Crippen molar-refractivity contribution in [2.24, 2.45) is 5.92 Å². The highest BCUT2D eigenvalue weighted by molar-refractivity contribution is 6.71. The summed E-state index contributed by atoms with van der Waals surface area (Å²) in [5.41, 5.74) is 2.87. The largest absolute Gasteiger partial charge is 0.432 e. The smallest absolute Gasteiger partial charge is 0.269 e. The highest BCUT2D eigenvalue weighted by Gasteiger charge is 2.66. The number of nitro benzene ring substituents is 1. The summed E-state index contributed by atoms with van der Waals surface area (Å²) in [5.74, 6) is -0.861. The predicted octanol–water partition coefficient (Wildman–Crippen LogP) is 4.77. The van der Waals surface area contributed by atoms with Crippen molar-refractivity contribution in [3.63, 3.8) is 0 Å². The lowest BCUT2D eigenvalue weighted by Crippen LogP contribution is -2.46. The van der Waals surface area contributed by atoms with Gasteiger partial charge in [0.2, 0.25) is 5.91 Å². The lowest BCUT2D eigenvalue weighted by atomic mass is 9.82. The molecule has 14 heteroatoms. The number of hydrogen-bond acceptors (Lipinski definition) is 9. The van der Waals surface area contributed by atoms with Gasteiger partial charge in [-0.1, -0.05) is 42.5 Å². The maximum Gasteiger partial charge on any atom is 0.269 e. The summed E-state index contributed by atoms with van der Waals surface area (Å²) >= 11 is 0. The average Bonchev–Trinajstić information content (AvgIpc) is 3.73. The Morgan fingerprint density at radius 3 is 2.62 bits per heavy atom. The van der Waals surface area contributed by atoms with Gasteiger partial charge >= 0.3 is 0 Å². The van der Waals surface area contributed by atoms with Gasteiger partial charge in [-0.3, -0.25) is 29.3 Å². The van der Waals surface area contributed by atoms with Crippen LogP contribution in [0.2, 0.25) is 18.6 Å². The van der Waals surface area contributed by atoms with Gasteiger partial charge in [0.15, 0.2) is 13.9 Å². The normalized spacial score (nSPS) is 23.1. The maximum absolute atomic E-state index is 14.9. The lowest BCUT2D eigenvalue weighted by molar-refractivity contribution is -0.385. The number of hydrogen-bond donors (Lipinski definition) is 2. The Kier molecular flexibility index (Phi) is 8.66. The fraction of sp³-hybridized carbons (Fsp3) is 0.389. The van der Waals surface area contributed by atoms with Gasteiger partial charge in [-0.25, -0.2) is 0 Å². The van der Waals surface area contributed by atoms with Crippen LogP contribution in [0, 0.1) is 16.0 Å². The average molecular weight is 697 g/mol. The van der Waals surface area contributed by atoms with Crippen molar-refractivity contribution < 1.29 is 29.2 Å². The summed E-state index contributed by atoms with van der Waals surface area (Å²) < 4.78 is 8.52. The van der Waals surface area contributed by atoms with E-state index in [-0.39, 0.29) is 36.2 Å². The number of carbonyl (C=O) groups is 2. The molecule has 0 saturated carbocycles. The van der Waals surface area contributed by atoms with Crippen LogP contribution in [-0.2, 0) is 45.9 Å². The third-order valence-electron chi connectivity index (χ3n) is 10.4. The van der Waals surface area contributed by atoms with Gasteiger partial charge < -0.3 is 19.5 Å². The molecule has 3 aliphatic heterocycles. The van der Waals surface area contributed by atoms with E-state index < -0.39 is 30.9 Å². The zero-order chi connectivity index (χ0) is 35.4. The van der Waals surface area contributed by atoms with E-state index in [1.165, 1.54) is 12.1 Å². The Balaban J connectivity index is 1.24. The molecule has 3 aromatic carbocycles. The number of aliphatic hydroxyl groups is 1.